The largest absolute Gasteiger partial charge is 0.365 e. The van der Waals surface area contributed by atoms with Crippen LogP contribution in [-0.4, -0.2) is 12.6 Å². The Morgan fingerprint density at radius 2 is 1.92 bits per heavy atom. The van der Waals surface area contributed by atoms with Crippen LogP contribution >= 0.6 is 0 Å². The summed E-state index contributed by atoms with van der Waals surface area (Å²) in [5.74, 6) is 0.700. The molecule has 1 nitrogen and oxygen atoms in total. The van der Waals surface area contributed by atoms with Crippen molar-refractivity contribution in [3.63, 3.8) is 0 Å². The van der Waals surface area contributed by atoms with Crippen molar-refractivity contribution in [1.82, 2.24) is 0 Å². The summed E-state index contributed by atoms with van der Waals surface area (Å²) in [6.45, 7) is 3.35. The minimum absolute atomic E-state index is 0.512. The van der Waals surface area contributed by atoms with Gasteiger partial charge in [0.2, 0.25) is 0 Å². The van der Waals surface area contributed by atoms with E-state index in [1.165, 1.54) is 61.8 Å². The first-order chi connectivity index (χ1) is 12.9. The highest BCUT2D eigenvalue weighted by Gasteiger charge is 2.30. The molecule has 0 saturated heterocycles. The fourth-order valence-electron chi connectivity index (χ4n) is 4.82. The molecule has 2 unspecified atom stereocenters. The van der Waals surface area contributed by atoms with Gasteiger partial charge in [-0.15, -0.1) is 0 Å². The highest BCUT2D eigenvalue weighted by Crippen LogP contribution is 2.37. The minimum atomic E-state index is 0.512. The number of allylic oxidation sites excluding steroid dienone is 6. The van der Waals surface area contributed by atoms with E-state index < -0.39 is 0 Å². The maximum atomic E-state index is 2.61. The minimum Gasteiger partial charge on any atom is -0.365 e. The lowest BCUT2D eigenvalue weighted by Gasteiger charge is -2.39. The average Bonchev–Trinajstić information content (AvgIpc) is 2.96. The summed E-state index contributed by atoms with van der Waals surface area (Å²) in [5.41, 5.74) is 5.76. The van der Waals surface area contributed by atoms with Crippen LogP contribution in [0.2, 0.25) is 0 Å². The van der Waals surface area contributed by atoms with E-state index in [0.29, 0.717) is 12.0 Å². The van der Waals surface area contributed by atoms with E-state index in [4.69, 9.17) is 0 Å². The first kappa shape index (κ1) is 17.4. The van der Waals surface area contributed by atoms with Crippen molar-refractivity contribution in [3.05, 3.63) is 71.9 Å². The summed E-state index contributed by atoms with van der Waals surface area (Å²) in [7, 11) is 0. The number of hydrogen-bond donors (Lipinski definition) is 0. The molecule has 0 amide bonds. The van der Waals surface area contributed by atoms with Crippen molar-refractivity contribution in [2.75, 3.05) is 11.4 Å². The van der Waals surface area contributed by atoms with Crippen molar-refractivity contribution in [2.24, 2.45) is 5.92 Å². The van der Waals surface area contributed by atoms with Crippen LogP contribution in [0.15, 0.2) is 66.3 Å². The fourth-order valence-corrected chi connectivity index (χ4v) is 4.82. The molecule has 136 valence electrons. The van der Waals surface area contributed by atoms with E-state index in [9.17, 15) is 0 Å². The molecule has 0 heterocycles. The zero-order chi connectivity index (χ0) is 17.8. The van der Waals surface area contributed by atoms with Crippen LogP contribution in [0.4, 0.5) is 5.69 Å². The third kappa shape index (κ3) is 3.58. The van der Waals surface area contributed by atoms with Gasteiger partial charge in [-0.3, -0.25) is 0 Å². The van der Waals surface area contributed by atoms with Crippen LogP contribution in [0.5, 0.6) is 0 Å². The SMILES string of the molecule is CCN(c1ccc(C2=CCCC=C2)cc1)C1C=CC=C2CCCCCC21. The molecule has 0 spiro atoms. The standard InChI is InChI=1S/C25H31N/c1-2-26(25-15-9-13-22-12-7-4-8-14-24(22)25)23-18-16-21(17-19-23)20-10-5-3-6-11-20/h5,9-11,13,15-19,24-25H,2-4,6-8,12,14H2,1H3. The van der Waals surface area contributed by atoms with Gasteiger partial charge in [0.1, 0.15) is 0 Å². The third-order valence-electron chi connectivity index (χ3n) is 6.22. The molecule has 3 aliphatic rings. The normalized spacial score (nSPS) is 25.1. The number of benzene rings is 1. The van der Waals surface area contributed by atoms with Crippen LogP contribution in [0, 0.1) is 5.92 Å². The predicted octanol–water partition coefficient (Wildman–Crippen LogP) is 6.69. The van der Waals surface area contributed by atoms with Gasteiger partial charge in [-0.1, -0.05) is 67.0 Å². The Hall–Kier alpha value is -2.02. The zero-order valence-electron chi connectivity index (χ0n) is 16.0. The second-order valence-corrected chi connectivity index (χ2v) is 7.79. The molecule has 1 heteroatoms. The van der Waals surface area contributed by atoms with Crippen LogP contribution in [-0.2, 0) is 0 Å². The summed E-state index contributed by atoms with van der Waals surface area (Å²) in [6, 6.07) is 9.76. The van der Waals surface area contributed by atoms with Crippen molar-refractivity contribution in [1.29, 1.82) is 0 Å². The first-order valence-corrected chi connectivity index (χ1v) is 10.5. The highest BCUT2D eigenvalue weighted by atomic mass is 15.2. The fraction of sp³-hybridized carbons (Fsp3) is 0.440. The van der Waals surface area contributed by atoms with E-state index >= 15 is 0 Å². The molecular weight excluding hydrogens is 314 g/mol. The highest BCUT2D eigenvalue weighted by molar-refractivity contribution is 5.75. The predicted molar refractivity (Wildman–Crippen MR) is 113 cm³/mol. The summed E-state index contributed by atoms with van der Waals surface area (Å²) < 4.78 is 0. The number of anilines is 1. The van der Waals surface area contributed by atoms with Gasteiger partial charge in [0.05, 0.1) is 6.04 Å². The third-order valence-corrected chi connectivity index (χ3v) is 6.22. The molecule has 1 aromatic rings. The van der Waals surface area contributed by atoms with Crippen molar-refractivity contribution >= 4 is 11.3 Å². The lowest BCUT2D eigenvalue weighted by molar-refractivity contribution is 0.468. The summed E-state index contributed by atoms with van der Waals surface area (Å²) in [6.07, 6.45) is 23.2. The van der Waals surface area contributed by atoms with Crippen molar-refractivity contribution in [2.45, 2.75) is 57.9 Å². The summed E-state index contributed by atoms with van der Waals surface area (Å²) in [5, 5.41) is 0. The topological polar surface area (TPSA) is 3.24 Å². The molecule has 0 bridgehead atoms. The zero-order valence-corrected chi connectivity index (χ0v) is 16.0. The van der Waals surface area contributed by atoms with Gasteiger partial charge in [0.25, 0.3) is 0 Å². The number of fused-ring (bicyclic) bond motifs is 1. The van der Waals surface area contributed by atoms with E-state index in [-0.39, 0.29) is 0 Å². The van der Waals surface area contributed by atoms with E-state index in [1.807, 2.05) is 0 Å². The second-order valence-electron chi connectivity index (χ2n) is 7.79. The Kier molecular flexibility index (Phi) is 5.43. The van der Waals surface area contributed by atoms with Crippen molar-refractivity contribution < 1.29 is 0 Å². The van der Waals surface area contributed by atoms with Gasteiger partial charge in [0.15, 0.2) is 0 Å². The average molecular weight is 346 g/mol. The number of likely N-dealkylation sites (N-methyl/N-ethyl adjacent to an activating group) is 1. The Labute approximate surface area is 158 Å². The molecule has 2 atom stereocenters. The molecule has 1 saturated carbocycles. The number of rotatable bonds is 4. The molecule has 1 aromatic carbocycles. The molecule has 4 rings (SSSR count). The van der Waals surface area contributed by atoms with E-state index in [2.05, 4.69) is 72.5 Å². The van der Waals surface area contributed by atoms with Crippen LogP contribution in [0.25, 0.3) is 5.57 Å². The van der Waals surface area contributed by atoms with Crippen molar-refractivity contribution in [3.8, 4) is 0 Å². The smallest absolute Gasteiger partial charge is 0.0541 e. The molecule has 3 aliphatic carbocycles. The second kappa shape index (κ2) is 8.12. The van der Waals surface area contributed by atoms with Gasteiger partial charge in [-0.2, -0.15) is 0 Å². The number of hydrogen-bond acceptors (Lipinski definition) is 1. The maximum absolute atomic E-state index is 2.61. The molecule has 0 aromatic heterocycles. The number of nitrogens with zero attached hydrogens (tertiary/aromatic N) is 1. The summed E-state index contributed by atoms with van der Waals surface area (Å²) >= 11 is 0. The molecule has 0 radical (unpaired) electrons. The van der Waals surface area contributed by atoms with Crippen LogP contribution < -0.4 is 4.90 Å². The maximum Gasteiger partial charge on any atom is 0.0541 e. The Balaban J connectivity index is 1.57. The van der Waals surface area contributed by atoms with Crippen LogP contribution in [0.3, 0.4) is 0 Å². The van der Waals surface area contributed by atoms with E-state index in [1.54, 1.807) is 5.57 Å². The Morgan fingerprint density at radius 1 is 1.04 bits per heavy atom. The molecular formula is C25H31N. The van der Waals surface area contributed by atoms with Gasteiger partial charge in [-0.05, 0) is 62.3 Å². The van der Waals surface area contributed by atoms with Gasteiger partial charge < -0.3 is 4.90 Å². The quantitative estimate of drug-likeness (QED) is 0.587. The van der Waals surface area contributed by atoms with Crippen LogP contribution in [0.1, 0.15) is 57.4 Å². The Morgan fingerprint density at radius 3 is 2.69 bits per heavy atom. The van der Waals surface area contributed by atoms with Gasteiger partial charge in [-0.25, -0.2) is 0 Å². The lowest BCUT2D eigenvalue weighted by atomic mass is 9.82. The summed E-state index contributed by atoms with van der Waals surface area (Å²) in [4.78, 5) is 2.61. The molecule has 1 fully saturated rings. The molecule has 26 heavy (non-hydrogen) atoms. The van der Waals surface area contributed by atoms with E-state index in [0.717, 1.165) is 6.54 Å². The Bertz CT molecular complexity index is 732. The first-order valence-electron chi connectivity index (χ1n) is 10.5. The molecule has 0 N–H and O–H groups in total. The lowest BCUT2D eigenvalue weighted by Crippen LogP contribution is -2.41. The molecule has 0 aliphatic heterocycles. The monoisotopic (exact) mass is 345 g/mol. The van der Waals surface area contributed by atoms with Gasteiger partial charge in [0, 0.05) is 18.2 Å². The van der Waals surface area contributed by atoms with Gasteiger partial charge >= 0.3 is 0 Å².